The number of hydrogen-bond donors (Lipinski definition) is 2. The van der Waals surface area contributed by atoms with Crippen molar-refractivity contribution in [3.63, 3.8) is 0 Å². The van der Waals surface area contributed by atoms with Crippen molar-refractivity contribution in [1.29, 1.82) is 0 Å². The smallest absolute Gasteiger partial charge is 0.255 e. The molecule has 1 saturated carbocycles. The standard InChI is InChI=1S/C11H15N3O/c1-11(4-5-11)14-10(15)8-7-13-6-3-9(8)12-2/h3,6-7H,4-5H2,1-2H3,(H,12,13)(H,14,15). The molecule has 0 radical (unpaired) electrons. The minimum Gasteiger partial charge on any atom is -0.387 e. The summed E-state index contributed by atoms with van der Waals surface area (Å²) in [5, 5.41) is 5.98. The van der Waals surface area contributed by atoms with Crippen molar-refractivity contribution in [2.45, 2.75) is 25.3 Å². The van der Waals surface area contributed by atoms with Crippen LogP contribution >= 0.6 is 0 Å². The zero-order valence-electron chi connectivity index (χ0n) is 9.00. The van der Waals surface area contributed by atoms with Crippen molar-refractivity contribution < 1.29 is 4.79 Å². The third-order valence-electron chi connectivity index (χ3n) is 2.75. The van der Waals surface area contributed by atoms with E-state index in [1.165, 1.54) is 0 Å². The molecular weight excluding hydrogens is 190 g/mol. The lowest BCUT2D eigenvalue weighted by molar-refractivity contribution is 0.0936. The first-order valence-corrected chi connectivity index (χ1v) is 5.09. The summed E-state index contributed by atoms with van der Waals surface area (Å²) >= 11 is 0. The third-order valence-corrected chi connectivity index (χ3v) is 2.75. The van der Waals surface area contributed by atoms with Crippen LogP contribution in [0.1, 0.15) is 30.1 Å². The molecule has 4 heteroatoms. The van der Waals surface area contributed by atoms with Gasteiger partial charge < -0.3 is 10.6 Å². The number of hydrogen-bond acceptors (Lipinski definition) is 3. The quantitative estimate of drug-likeness (QED) is 0.784. The minimum absolute atomic E-state index is 0.0118. The summed E-state index contributed by atoms with van der Waals surface area (Å²) in [4.78, 5) is 15.9. The molecule has 1 aromatic rings. The summed E-state index contributed by atoms with van der Waals surface area (Å²) in [6, 6.07) is 1.80. The lowest BCUT2D eigenvalue weighted by Gasteiger charge is -2.13. The highest BCUT2D eigenvalue weighted by molar-refractivity contribution is 5.99. The van der Waals surface area contributed by atoms with E-state index in [9.17, 15) is 4.79 Å². The maximum absolute atomic E-state index is 11.9. The summed E-state index contributed by atoms with van der Waals surface area (Å²) < 4.78 is 0. The number of rotatable bonds is 3. The topological polar surface area (TPSA) is 54.0 Å². The highest BCUT2D eigenvalue weighted by Gasteiger charge is 2.39. The number of carbonyl (C=O) groups is 1. The van der Waals surface area contributed by atoms with Crippen molar-refractivity contribution in [2.24, 2.45) is 0 Å². The van der Waals surface area contributed by atoms with Crippen LogP contribution in [-0.2, 0) is 0 Å². The first-order valence-electron chi connectivity index (χ1n) is 5.09. The van der Waals surface area contributed by atoms with Crippen molar-refractivity contribution >= 4 is 11.6 Å². The number of nitrogens with one attached hydrogen (secondary N) is 2. The molecule has 2 rings (SSSR count). The predicted octanol–water partition coefficient (Wildman–Crippen LogP) is 1.41. The van der Waals surface area contributed by atoms with Gasteiger partial charge >= 0.3 is 0 Å². The van der Waals surface area contributed by atoms with Crippen LogP contribution in [0.25, 0.3) is 0 Å². The first-order chi connectivity index (χ1) is 7.14. The van der Waals surface area contributed by atoms with Crippen molar-refractivity contribution in [2.75, 3.05) is 12.4 Å². The van der Waals surface area contributed by atoms with E-state index < -0.39 is 0 Å². The van der Waals surface area contributed by atoms with Gasteiger partial charge in [-0.05, 0) is 25.8 Å². The van der Waals surface area contributed by atoms with Crippen LogP contribution in [0.4, 0.5) is 5.69 Å². The second-order valence-electron chi connectivity index (χ2n) is 4.19. The molecule has 1 aromatic heterocycles. The van der Waals surface area contributed by atoms with Gasteiger partial charge in [0.15, 0.2) is 0 Å². The Morgan fingerprint density at radius 2 is 2.27 bits per heavy atom. The number of anilines is 1. The Morgan fingerprint density at radius 3 is 2.87 bits per heavy atom. The van der Waals surface area contributed by atoms with Gasteiger partial charge in [0.2, 0.25) is 0 Å². The molecule has 0 aliphatic heterocycles. The first kappa shape index (κ1) is 9.96. The van der Waals surface area contributed by atoms with E-state index in [1.807, 2.05) is 0 Å². The highest BCUT2D eigenvalue weighted by atomic mass is 16.1. The van der Waals surface area contributed by atoms with E-state index >= 15 is 0 Å². The van der Waals surface area contributed by atoms with E-state index in [2.05, 4.69) is 22.5 Å². The number of aromatic nitrogens is 1. The summed E-state index contributed by atoms with van der Waals surface area (Å²) in [6.07, 6.45) is 5.39. The molecule has 1 aliphatic rings. The Hall–Kier alpha value is -1.58. The van der Waals surface area contributed by atoms with E-state index in [4.69, 9.17) is 0 Å². The number of pyridine rings is 1. The average molecular weight is 205 g/mol. The van der Waals surface area contributed by atoms with Crippen LogP contribution in [-0.4, -0.2) is 23.5 Å². The van der Waals surface area contributed by atoms with Crippen LogP contribution in [0.15, 0.2) is 18.5 Å². The molecule has 80 valence electrons. The van der Waals surface area contributed by atoms with Gasteiger partial charge in [-0.15, -0.1) is 0 Å². The summed E-state index contributed by atoms with van der Waals surface area (Å²) in [5.74, 6) is -0.0487. The molecule has 2 N–H and O–H groups in total. The molecular formula is C11H15N3O. The fourth-order valence-electron chi connectivity index (χ4n) is 1.45. The molecule has 0 aromatic carbocycles. The average Bonchev–Trinajstić information content (AvgIpc) is 2.96. The molecule has 1 aliphatic carbocycles. The van der Waals surface area contributed by atoms with Crippen LogP contribution in [0.3, 0.4) is 0 Å². The van der Waals surface area contributed by atoms with Gasteiger partial charge in [-0.1, -0.05) is 0 Å². The Labute approximate surface area is 89.1 Å². The van der Waals surface area contributed by atoms with Crippen LogP contribution in [0, 0.1) is 0 Å². The molecule has 0 bridgehead atoms. The Kier molecular flexibility index (Phi) is 2.34. The molecule has 0 unspecified atom stereocenters. The summed E-state index contributed by atoms with van der Waals surface area (Å²) in [7, 11) is 1.80. The molecule has 0 spiro atoms. The molecule has 1 amide bonds. The number of amides is 1. The maximum Gasteiger partial charge on any atom is 0.255 e. The van der Waals surface area contributed by atoms with E-state index in [0.717, 1.165) is 18.5 Å². The van der Waals surface area contributed by atoms with Crippen LogP contribution in [0.2, 0.25) is 0 Å². The van der Waals surface area contributed by atoms with Gasteiger partial charge in [-0.2, -0.15) is 0 Å². The second kappa shape index (κ2) is 3.53. The van der Waals surface area contributed by atoms with E-state index in [-0.39, 0.29) is 11.4 Å². The molecule has 0 atom stereocenters. The largest absolute Gasteiger partial charge is 0.387 e. The minimum atomic E-state index is -0.0487. The fraction of sp³-hybridized carbons (Fsp3) is 0.455. The van der Waals surface area contributed by atoms with Gasteiger partial charge in [0.25, 0.3) is 5.91 Å². The van der Waals surface area contributed by atoms with Gasteiger partial charge in [0.05, 0.1) is 5.56 Å². The monoisotopic (exact) mass is 205 g/mol. The van der Waals surface area contributed by atoms with Gasteiger partial charge in [-0.25, -0.2) is 0 Å². The van der Waals surface area contributed by atoms with E-state index in [0.29, 0.717) is 5.56 Å². The van der Waals surface area contributed by atoms with Crippen molar-refractivity contribution in [3.8, 4) is 0 Å². The molecule has 1 heterocycles. The van der Waals surface area contributed by atoms with Crippen molar-refractivity contribution in [1.82, 2.24) is 10.3 Å². The Bertz CT molecular complexity index is 385. The number of carbonyl (C=O) groups excluding carboxylic acids is 1. The third kappa shape index (κ3) is 2.09. The maximum atomic E-state index is 11.9. The molecule has 1 fully saturated rings. The fourth-order valence-corrected chi connectivity index (χ4v) is 1.45. The summed E-state index contributed by atoms with van der Waals surface area (Å²) in [5.41, 5.74) is 1.43. The van der Waals surface area contributed by atoms with Gasteiger partial charge in [0, 0.05) is 30.7 Å². The Morgan fingerprint density at radius 1 is 1.53 bits per heavy atom. The van der Waals surface area contributed by atoms with Crippen molar-refractivity contribution in [3.05, 3.63) is 24.0 Å². The normalized spacial score (nSPS) is 16.9. The van der Waals surface area contributed by atoms with Crippen LogP contribution in [0.5, 0.6) is 0 Å². The zero-order valence-corrected chi connectivity index (χ0v) is 9.00. The SMILES string of the molecule is CNc1ccncc1C(=O)NC1(C)CC1. The second-order valence-corrected chi connectivity index (χ2v) is 4.19. The Balaban J connectivity index is 2.17. The lowest BCUT2D eigenvalue weighted by atomic mass is 10.2. The molecule has 15 heavy (non-hydrogen) atoms. The zero-order chi connectivity index (χ0) is 10.9. The highest BCUT2D eigenvalue weighted by Crippen LogP contribution is 2.34. The number of nitrogens with zero attached hydrogens (tertiary/aromatic N) is 1. The van der Waals surface area contributed by atoms with Gasteiger partial charge in [-0.3, -0.25) is 9.78 Å². The lowest BCUT2D eigenvalue weighted by Crippen LogP contribution is -2.34. The van der Waals surface area contributed by atoms with E-state index in [1.54, 1.807) is 25.5 Å². The molecule has 4 nitrogen and oxygen atoms in total. The van der Waals surface area contributed by atoms with Gasteiger partial charge in [0.1, 0.15) is 0 Å². The summed E-state index contributed by atoms with van der Waals surface area (Å²) in [6.45, 7) is 2.06. The van der Waals surface area contributed by atoms with Crippen LogP contribution < -0.4 is 10.6 Å². The molecule has 0 saturated heterocycles. The predicted molar refractivity (Wildman–Crippen MR) is 58.9 cm³/mol.